The normalized spacial score (nSPS) is 13.5. The molecule has 0 unspecified atom stereocenters. The third-order valence-corrected chi connectivity index (χ3v) is 5.06. The molecule has 0 radical (unpaired) electrons. The minimum Gasteiger partial charge on any atom is -0.493 e. The Hall–Kier alpha value is -2.38. The molecule has 0 bridgehead atoms. The molecule has 0 fully saturated rings. The van der Waals surface area contributed by atoms with Crippen LogP contribution in [0, 0.1) is 10.6 Å². The fourth-order valence-electron chi connectivity index (χ4n) is 3.12. The largest absolute Gasteiger partial charge is 0.493 e. The van der Waals surface area contributed by atoms with Gasteiger partial charge < -0.3 is 14.4 Å². The summed E-state index contributed by atoms with van der Waals surface area (Å²) >= 11 is 11.6. The van der Waals surface area contributed by atoms with Gasteiger partial charge in [-0.15, -0.1) is 0 Å². The maximum Gasteiger partial charge on any atom is 0.219 e. The van der Waals surface area contributed by atoms with Gasteiger partial charge in [0.1, 0.15) is 11.6 Å². The van der Waals surface area contributed by atoms with Crippen LogP contribution < -0.4 is 4.74 Å². The van der Waals surface area contributed by atoms with Gasteiger partial charge in [-0.2, -0.15) is 0 Å². The molecule has 0 atom stereocenters. The molecule has 1 aliphatic rings. The summed E-state index contributed by atoms with van der Waals surface area (Å²) < 4.78 is 23.8. The van der Waals surface area contributed by atoms with Gasteiger partial charge in [-0.3, -0.25) is 4.57 Å². The van der Waals surface area contributed by atoms with Crippen LogP contribution in [0.1, 0.15) is 18.5 Å². The number of halogens is 2. The minimum atomic E-state index is -0.599. The van der Waals surface area contributed by atoms with Crippen molar-refractivity contribution in [3.05, 3.63) is 57.8 Å². The molecule has 0 saturated carbocycles. The monoisotopic (exact) mass is 391 g/mol. The Morgan fingerprint density at radius 1 is 1.27 bits per heavy atom. The number of imidazole rings is 1. The SMILES string of the molecule is Oc1c2n(c(=S)n1-c1cc(Oc3ccccn3)c(Cl)cc1F)CCCC2. The van der Waals surface area contributed by atoms with Gasteiger partial charge in [0.2, 0.25) is 11.8 Å². The van der Waals surface area contributed by atoms with Gasteiger partial charge in [-0.25, -0.2) is 9.37 Å². The van der Waals surface area contributed by atoms with Gasteiger partial charge in [0.05, 0.1) is 16.4 Å². The Balaban J connectivity index is 1.84. The summed E-state index contributed by atoms with van der Waals surface area (Å²) in [6.45, 7) is 0.710. The van der Waals surface area contributed by atoms with E-state index < -0.39 is 5.82 Å². The van der Waals surface area contributed by atoms with Crippen molar-refractivity contribution in [2.75, 3.05) is 0 Å². The smallest absolute Gasteiger partial charge is 0.219 e. The predicted octanol–water partition coefficient (Wildman–Crippen LogP) is 5.03. The summed E-state index contributed by atoms with van der Waals surface area (Å²) in [5.74, 6) is -0.0828. The lowest BCUT2D eigenvalue weighted by Crippen LogP contribution is -2.09. The highest BCUT2D eigenvalue weighted by molar-refractivity contribution is 7.71. The minimum absolute atomic E-state index is 0.0419. The average molecular weight is 392 g/mol. The van der Waals surface area contributed by atoms with Gasteiger partial charge in [0, 0.05) is 24.9 Å². The summed E-state index contributed by atoms with van der Waals surface area (Å²) in [6, 6.07) is 7.76. The first-order valence-electron chi connectivity index (χ1n) is 8.18. The van der Waals surface area contributed by atoms with E-state index in [0.717, 1.165) is 24.6 Å². The molecule has 1 N–H and O–H groups in total. The summed E-state index contributed by atoms with van der Waals surface area (Å²) in [5, 5.41) is 10.7. The molecule has 3 aromatic rings. The number of hydrogen-bond donors (Lipinski definition) is 1. The summed E-state index contributed by atoms with van der Waals surface area (Å²) in [6.07, 6.45) is 4.22. The van der Waals surface area contributed by atoms with Crippen molar-refractivity contribution in [2.24, 2.45) is 0 Å². The zero-order chi connectivity index (χ0) is 18.3. The Kier molecular flexibility index (Phi) is 4.42. The van der Waals surface area contributed by atoms with E-state index >= 15 is 0 Å². The number of hydrogen-bond acceptors (Lipinski definition) is 4. The van der Waals surface area contributed by atoms with Crippen molar-refractivity contribution >= 4 is 23.8 Å². The fraction of sp³-hybridized carbons (Fsp3) is 0.222. The molecule has 1 aromatic carbocycles. The van der Waals surface area contributed by atoms with E-state index in [1.54, 1.807) is 24.4 Å². The number of benzene rings is 1. The molecule has 4 rings (SSSR count). The zero-order valence-electron chi connectivity index (χ0n) is 13.7. The number of ether oxygens (including phenoxy) is 1. The molecule has 1 aliphatic heterocycles. The lowest BCUT2D eigenvalue weighted by molar-refractivity contribution is 0.423. The van der Waals surface area contributed by atoms with E-state index in [9.17, 15) is 9.50 Å². The number of fused-ring (bicyclic) bond motifs is 1. The molecule has 0 aliphatic carbocycles. The maximum absolute atomic E-state index is 14.6. The first-order chi connectivity index (χ1) is 12.6. The van der Waals surface area contributed by atoms with Crippen molar-refractivity contribution < 1.29 is 14.2 Å². The van der Waals surface area contributed by atoms with Crippen LogP contribution in [0.25, 0.3) is 5.69 Å². The first-order valence-corrected chi connectivity index (χ1v) is 8.96. The molecule has 0 spiro atoms. The van der Waals surface area contributed by atoms with E-state index in [1.165, 1.54) is 10.6 Å². The molecule has 2 aromatic heterocycles. The fourth-order valence-corrected chi connectivity index (χ4v) is 3.70. The third kappa shape index (κ3) is 2.87. The lowest BCUT2D eigenvalue weighted by atomic mass is 10.1. The number of pyridine rings is 1. The first kappa shape index (κ1) is 17.1. The van der Waals surface area contributed by atoms with Crippen LogP contribution >= 0.6 is 23.8 Å². The molecule has 134 valence electrons. The van der Waals surface area contributed by atoms with Crippen molar-refractivity contribution in [1.82, 2.24) is 14.1 Å². The maximum atomic E-state index is 14.6. The highest BCUT2D eigenvalue weighted by atomic mass is 35.5. The number of nitrogens with zero attached hydrogens (tertiary/aromatic N) is 3. The zero-order valence-corrected chi connectivity index (χ0v) is 15.2. The van der Waals surface area contributed by atoms with Gasteiger partial charge in [-0.05, 0) is 43.6 Å². The molecule has 3 heterocycles. The van der Waals surface area contributed by atoms with Crippen LogP contribution in [-0.2, 0) is 13.0 Å². The van der Waals surface area contributed by atoms with E-state index in [2.05, 4.69) is 4.98 Å². The highest BCUT2D eigenvalue weighted by Gasteiger charge is 2.23. The van der Waals surface area contributed by atoms with Crippen molar-refractivity contribution in [2.45, 2.75) is 25.8 Å². The van der Waals surface area contributed by atoms with Gasteiger partial charge in [-0.1, -0.05) is 17.7 Å². The van der Waals surface area contributed by atoms with Gasteiger partial charge >= 0.3 is 0 Å². The van der Waals surface area contributed by atoms with Gasteiger partial charge in [0.15, 0.2) is 4.77 Å². The highest BCUT2D eigenvalue weighted by Crippen LogP contribution is 2.36. The molecule has 8 heteroatoms. The summed E-state index contributed by atoms with van der Waals surface area (Å²) in [5.41, 5.74) is 0.813. The number of aromatic hydroxyl groups is 1. The van der Waals surface area contributed by atoms with Crippen LogP contribution in [0.4, 0.5) is 4.39 Å². The molecular formula is C18H15ClFN3O2S. The number of rotatable bonds is 3. The van der Waals surface area contributed by atoms with Crippen LogP contribution in [0.3, 0.4) is 0 Å². The van der Waals surface area contributed by atoms with Crippen LogP contribution in [-0.4, -0.2) is 19.2 Å². The second kappa shape index (κ2) is 6.74. The van der Waals surface area contributed by atoms with Crippen LogP contribution in [0.15, 0.2) is 36.5 Å². The topological polar surface area (TPSA) is 52.2 Å². The summed E-state index contributed by atoms with van der Waals surface area (Å²) in [4.78, 5) is 4.07. The Labute approximate surface area is 159 Å². The van der Waals surface area contributed by atoms with E-state index in [0.29, 0.717) is 23.6 Å². The number of aromatic nitrogens is 3. The molecular weight excluding hydrogens is 377 g/mol. The Bertz CT molecular complexity index is 1030. The van der Waals surface area contributed by atoms with E-state index in [1.807, 2.05) is 4.57 Å². The van der Waals surface area contributed by atoms with Gasteiger partial charge in [0.25, 0.3) is 0 Å². The standard InChI is InChI=1S/C18H15ClFN3O2S/c19-11-9-12(20)14(10-15(11)25-16-6-1-3-7-21-16)23-17(24)13-5-2-4-8-22(13)18(23)26/h1,3,6-7,9-10,24H,2,4-5,8H2. The average Bonchev–Trinajstić information content (AvgIpc) is 2.90. The second-order valence-corrected chi connectivity index (χ2v) is 6.77. The van der Waals surface area contributed by atoms with Crippen molar-refractivity contribution in [3.63, 3.8) is 0 Å². The second-order valence-electron chi connectivity index (χ2n) is 6.00. The third-order valence-electron chi connectivity index (χ3n) is 4.36. The Morgan fingerprint density at radius 3 is 2.85 bits per heavy atom. The Morgan fingerprint density at radius 2 is 2.12 bits per heavy atom. The molecule has 5 nitrogen and oxygen atoms in total. The van der Waals surface area contributed by atoms with Crippen molar-refractivity contribution in [3.8, 4) is 23.2 Å². The predicted molar refractivity (Wildman–Crippen MR) is 98.5 cm³/mol. The molecule has 0 amide bonds. The van der Waals surface area contributed by atoms with Crippen LogP contribution in [0.2, 0.25) is 5.02 Å². The van der Waals surface area contributed by atoms with Crippen LogP contribution in [0.5, 0.6) is 17.5 Å². The quantitative estimate of drug-likeness (QED) is 0.636. The molecule has 26 heavy (non-hydrogen) atoms. The summed E-state index contributed by atoms with van der Waals surface area (Å²) in [7, 11) is 0. The van der Waals surface area contributed by atoms with Crippen molar-refractivity contribution in [1.29, 1.82) is 0 Å². The van der Waals surface area contributed by atoms with E-state index in [-0.39, 0.29) is 22.3 Å². The molecule has 0 saturated heterocycles. The van der Waals surface area contributed by atoms with E-state index in [4.69, 9.17) is 28.6 Å². The lowest BCUT2D eigenvalue weighted by Gasteiger charge is -2.12.